The van der Waals surface area contributed by atoms with E-state index in [1.165, 1.54) is 0 Å². The Kier molecular flexibility index (Phi) is 10.3. The van der Waals surface area contributed by atoms with Crippen LogP contribution in [0.3, 0.4) is 0 Å². The Morgan fingerprint density at radius 3 is 2.79 bits per heavy atom. The molecule has 2 unspecified atom stereocenters. The Balaban J connectivity index is 1.51. The fourth-order valence-corrected chi connectivity index (χ4v) is 5.06. The highest BCUT2D eigenvalue weighted by molar-refractivity contribution is 6.76. The van der Waals surface area contributed by atoms with E-state index in [4.69, 9.17) is 29.2 Å². The molecule has 0 saturated carbocycles. The molecule has 0 aliphatic carbocycles. The zero-order chi connectivity index (χ0) is 27.0. The first kappa shape index (κ1) is 28.7. The normalized spacial score (nSPS) is 17.2. The summed E-state index contributed by atoms with van der Waals surface area (Å²) in [6, 6.07) is 3.09. The monoisotopic (exact) mass is 545 g/mol. The predicted molar refractivity (Wildman–Crippen MR) is 149 cm³/mol. The summed E-state index contributed by atoms with van der Waals surface area (Å²) in [7, 11) is -1.13. The first-order chi connectivity index (χ1) is 18.3. The minimum absolute atomic E-state index is 0.0645. The molecular formula is C27H43N5O5Si. The van der Waals surface area contributed by atoms with Crippen molar-refractivity contribution in [2.45, 2.75) is 83.8 Å². The van der Waals surface area contributed by atoms with Crippen LogP contribution in [0.5, 0.6) is 5.88 Å². The van der Waals surface area contributed by atoms with Gasteiger partial charge in [0, 0.05) is 64.1 Å². The molecule has 0 amide bonds. The van der Waals surface area contributed by atoms with E-state index in [1.807, 2.05) is 40.9 Å². The van der Waals surface area contributed by atoms with Crippen LogP contribution in [0, 0.1) is 0 Å². The lowest BCUT2D eigenvalue weighted by molar-refractivity contribution is -0.0365. The molecule has 10 nitrogen and oxygen atoms in total. The van der Waals surface area contributed by atoms with Gasteiger partial charge in [-0.2, -0.15) is 10.2 Å². The van der Waals surface area contributed by atoms with E-state index in [-0.39, 0.29) is 18.9 Å². The predicted octanol–water partition coefficient (Wildman–Crippen LogP) is 4.86. The average Bonchev–Trinajstić information content (AvgIpc) is 3.51. The van der Waals surface area contributed by atoms with Crippen molar-refractivity contribution in [3.63, 3.8) is 0 Å². The summed E-state index contributed by atoms with van der Waals surface area (Å²) in [6.45, 7) is 12.2. The van der Waals surface area contributed by atoms with Crippen LogP contribution < -0.4 is 4.74 Å². The summed E-state index contributed by atoms with van der Waals surface area (Å²) in [5.74, 6) is 0.549. The van der Waals surface area contributed by atoms with Crippen LogP contribution in [0.15, 0.2) is 24.7 Å². The van der Waals surface area contributed by atoms with Crippen LogP contribution in [0.1, 0.15) is 45.3 Å². The standard InChI is InChI=1S/C27H43N5O5Si/c1-21(9-13-34-11-7-10-33)37-25-16-23-24(18-28-25)32(26-8-5-6-12-36-26)30-27(23)22-17-29-31(19-22)20-35-14-15-38(2,3)4/h16-19,21,26,33H,5-15,20H2,1-4H3. The fourth-order valence-electron chi connectivity index (χ4n) is 4.31. The van der Waals surface area contributed by atoms with E-state index >= 15 is 0 Å². The Morgan fingerprint density at radius 1 is 1.16 bits per heavy atom. The molecule has 11 heteroatoms. The highest BCUT2D eigenvalue weighted by Gasteiger charge is 2.23. The lowest BCUT2D eigenvalue weighted by atomic mass is 10.1. The zero-order valence-corrected chi connectivity index (χ0v) is 24.3. The van der Waals surface area contributed by atoms with Crippen molar-refractivity contribution in [3.8, 4) is 17.1 Å². The number of aromatic nitrogens is 5. The van der Waals surface area contributed by atoms with Gasteiger partial charge < -0.3 is 24.1 Å². The number of fused-ring (bicyclic) bond motifs is 1. The number of rotatable bonds is 15. The van der Waals surface area contributed by atoms with Gasteiger partial charge in [-0.1, -0.05) is 19.6 Å². The van der Waals surface area contributed by atoms with Gasteiger partial charge in [0.2, 0.25) is 5.88 Å². The Labute approximate surface area is 226 Å². The van der Waals surface area contributed by atoms with Gasteiger partial charge in [0.1, 0.15) is 12.4 Å². The number of aliphatic hydroxyl groups excluding tert-OH is 1. The van der Waals surface area contributed by atoms with Crippen molar-refractivity contribution in [3.05, 3.63) is 24.7 Å². The molecule has 38 heavy (non-hydrogen) atoms. The molecule has 1 aliphatic rings. The van der Waals surface area contributed by atoms with Crippen LogP contribution in [-0.4, -0.2) is 76.9 Å². The maximum Gasteiger partial charge on any atom is 0.214 e. The summed E-state index contributed by atoms with van der Waals surface area (Å²) in [4.78, 5) is 4.59. The number of nitrogens with zero attached hydrogens (tertiary/aromatic N) is 5. The van der Waals surface area contributed by atoms with Crippen molar-refractivity contribution in [2.75, 3.05) is 33.0 Å². The summed E-state index contributed by atoms with van der Waals surface area (Å²) in [6.07, 6.45) is 9.96. The van der Waals surface area contributed by atoms with Crippen molar-refractivity contribution in [1.82, 2.24) is 24.5 Å². The summed E-state index contributed by atoms with van der Waals surface area (Å²) in [5, 5.41) is 19.4. The zero-order valence-electron chi connectivity index (χ0n) is 23.3. The third-order valence-corrected chi connectivity index (χ3v) is 8.26. The second-order valence-electron chi connectivity index (χ2n) is 11.2. The van der Waals surface area contributed by atoms with Gasteiger partial charge in [0.15, 0.2) is 6.23 Å². The van der Waals surface area contributed by atoms with Crippen molar-refractivity contribution in [2.24, 2.45) is 0 Å². The molecule has 1 saturated heterocycles. The molecule has 4 heterocycles. The molecule has 2 atom stereocenters. The molecule has 0 spiro atoms. The first-order valence-electron chi connectivity index (χ1n) is 13.8. The minimum Gasteiger partial charge on any atom is -0.475 e. The van der Waals surface area contributed by atoms with Gasteiger partial charge in [-0.15, -0.1) is 0 Å². The molecule has 0 radical (unpaired) electrons. The van der Waals surface area contributed by atoms with Gasteiger partial charge in [0.05, 0.1) is 30.6 Å². The molecule has 1 fully saturated rings. The third kappa shape index (κ3) is 8.09. The van der Waals surface area contributed by atoms with E-state index in [9.17, 15) is 0 Å². The van der Waals surface area contributed by atoms with Crippen LogP contribution >= 0.6 is 0 Å². The van der Waals surface area contributed by atoms with E-state index in [2.05, 4.69) is 29.7 Å². The maximum absolute atomic E-state index is 8.88. The van der Waals surface area contributed by atoms with Gasteiger partial charge in [0.25, 0.3) is 0 Å². The first-order valence-corrected chi connectivity index (χ1v) is 17.5. The number of ether oxygens (including phenoxy) is 4. The molecule has 1 N–H and O–H groups in total. The van der Waals surface area contributed by atoms with E-state index in [0.29, 0.717) is 32.2 Å². The number of hydrogen-bond acceptors (Lipinski definition) is 8. The fraction of sp³-hybridized carbons (Fsp3) is 0.667. The van der Waals surface area contributed by atoms with Crippen LogP contribution in [-0.2, 0) is 20.9 Å². The largest absolute Gasteiger partial charge is 0.475 e. The third-order valence-electron chi connectivity index (χ3n) is 6.56. The maximum atomic E-state index is 8.88. The molecule has 210 valence electrons. The van der Waals surface area contributed by atoms with Crippen LogP contribution in [0.25, 0.3) is 22.2 Å². The number of aliphatic hydroxyl groups is 1. The molecule has 3 aromatic rings. The van der Waals surface area contributed by atoms with Gasteiger partial charge in [-0.25, -0.2) is 14.3 Å². The van der Waals surface area contributed by atoms with E-state index in [0.717, 1.165) is 67.1 Å². The average molecular weight is 546 g/mol. The molecule has 3 aromatic heterocycles. The highest BCUT2D eigenvalue weighted by atomic mass is 28.3. The highest BCUT2D eigenvalue weighted by Crippen LogP contribution is 2.34. The molecule has 1 aliphatic heterocycles. The van der Waals surface area contributed by atoms with Crippen molar-refractivity contribution in [1.29, 1.82) is 0 Å². The molecule has 4 rings (SSSR count). The summed E-state index contributed by atoms with van der Waals surface area (Å²) >= 11 is 0. The second kappa shape index (κ2) is 13.7. The van der Waals surface area contributed by atoms with Gasteiger partial charge >= 0.3 is 0 Å². The van der Waals surface area contributed by atoms with Gasteiger partial charge in [-0.05, 0) is 38.7 Å². The van der Waals surface area contributed by atoms with Crippen LogP contribution in [0.2, 0.25) is 25.7 Å². The Bertz CT molecular complexity index is 1140. The number of pyridine rings is 1. The summed E-state index contributed by atoms with van der Waals surface area (Å²) in [5.41, 5.74) is 2.66. The molecular weight excluding hydrogens is 502 g/mol. The smallest absolute Gasteiger partial charge is 0.214 e. The minimum atomic E-state index is -1.13. The van der Waals surface area contributed by atoms with Crippen LogP contribution in [0.4, 0.5) is 0 Å². The summed E-state index contributed by atoms with van der Waals surface area (Å²) < 4.78 is 27.4. The molecule has 0 bridgehead atoms. The number of hydrogen-bond donors (Lipinski definition) is 1. The topological polar surface area (TPSA) is 106 Å². The SMILES string of the molecule is CC(CCOCCCO)Oc1cc2c(-c3cnn(COCC[Si](C)(C)C)c3)nn(C3CCCCO3)c2cn1. The van der Waals surface area contributed by atoms with Gasteiger partial charge in [-0.3, -0.25) is 0 Å². The lowest BCUT2D eigenvalue weighted by Crippen LogP contribution is -2.22. The molecule has 0 aromatic carbocycles. The lowest BCUT2D eigenvalue weighted by Gasteiger charge is -2.23. The van der Waals surface area contributed by atoms with E-state index < -0.39 is 8.07 Å². The second-order valence-corrected chi connectivity index (χ2v) is 16.8. The Hall–Kier alpha value is -2.31. The Morgan fingerprint density at radius 2 is 2.03 bits per heavy atom. The van der Waals surface area contributed by atoms with Crippen molar-refractivity contribution < 1.29 is 24.1 Å². The van der Waals surface area contributed by atoms with E-state index in [1.54, 1.807) is 0 Å². The van der Waals surface area contributed by atoms with Crippen molar-refractivity contribution >= 4 is 19.0 Å². The quantitative estimate of drug-likeness (QED) is 0.213.